The summed E-state index contributed by atoms with van der Waals surface area (Å²) >= 11 is 0. The third-order valence-electron chi connectivity index (χ3n) is 3.82. The number of sulfone groups is 1. The first-order chi connectivity index (χ1) is 11.7. The lowest BCUT2D eigenvalue weighted by Gasteiger charge is -2.17. The van der Waals surface area contributed by atoms with Crippen molar-refractivity contribution in [1.82, 2.24) is 10.6 Å². The molecular weight excluding hydrogens is 344 g/mol. The van der Waals surface area contributed by atoms with E-state index in [1.807, 2.05) is 0 Å². The summed E-state index contributed by atoms with van der Waals surface area (Å²) in [7, 11) is -2.96. The number of nitrogens with one attached hydrogen (secondary N) is 2. The van der Waals surface area contributed by atoms with Gasteiger partial charge in [0.05, 0.1) is 23.0 Å². The van der Waals surface area contributed by atoms with Gasteiger partial charge in [-0.05, 0) is 17.9 Å². The molecule has 0 amide bonds. The standard InChI is InChI=1S/C16H24N4O4S/c1-12(2)9-17-16(19-14-7-8-25(23,24)11-14)18-10-13-3-5-15(6-4-13)20(21)22/h3-6,12,14H,7-11H2,1-2H3,(H2,17,18,19). The summed E-state index contributed by atoms with van der Waals surface area (Å²) < 4.78 is 23.2. The second-order valence-electron chi connectivity index (χ2n) is 6.61. The minimum atomic E-state index is -2.96. The monoisotopic (exact) mass is 368 g/mol. The number of benzene rings is 1. The summed E-state index contributed by atoms with van der Waals surface area (Å²) in [6.07, 6.45) is 0.572. The maximum Gasteiger partial charge on any atom is 0.269 e. The molecule has 0 saturated carbocycles. The summed E-state index contributed by atoms with van der Waals surface area (Å²) in [5.74, 6) is 1.30. The molecule has 0 aliphatic carbocycles. The van der Waals surface area contributed by atoms with Gasteiger partial charge in [0, 0.05) is 24.7 Å². The molecule has 25 heavy (non-hydrogen) atoms. The van der Waals surface area contributed by atoms with Gasteiger partial charge in [0.1, 0.15) is 0 Å². The summed E-state index contributed by atoms with van der Waals surface area (Å²) in [4.78, 5) is 14.7. The van der Waals surface area contributed by atoms with Gasteiger partial charge >= 0.3 is 0 Å². The highest BCUT2D eigenvalue weighted by molar-refractivity contribution is 7.91. The fourth-order valence-electron chi connectivity index (χ4n) is 2.45. The Morgan fingerprint density at radius 1 is 1.36 bits per heavy atom. The van der Waals surface area contributed by atoms with E-state index in [2.05, 4.69) is 29.5 Å². The van der Waals surface area contributed by atoms with E-state index in [0.717, 1.165) is 5.56 Å². The van der Waals surface area contributed by atoms with Gasteiger partial charge in [0.25, 0.3) is 5.69 Å². The van der Waals surface area contributed by atoms with Crippen LogP contribution in [0.3, 0.4) is 0 Å². The number of non-ortho nitro benzene ring substituents is 1. The Morgan fingerprint density at radius 3 is 2.56 bits per heavy atom. The molecule has 1 heterocycles. The highest BCUT2D eigenvalue weighted by atomic mass is 32.2. The van der Waals surface area contributed by atoms with Crippen molar-refractivity contribution in [2.75, 3.05) is 18.1 Å². The zero-order valence-electron chi connectivity index (χ0n) is 14.4. The maximum absolute atomic E-state index is 11.6. The molecule has 9 heteroatoms. The van der Waals surface area contributed by atoms with Crippen molar-refractivity contribution < 1.29 is 13.3 Å². The molecular formula is C16H24N4O4S. The van der Waals surface area contributed by atoms with E-state index in [1.165, 1.54) is 12.1 Å². The molecule has 2 N–H and O–H groups in total. The minimum absolute atomic E-state index is 0.0418. The van der Waals surface area contributed by atoms with Crippen LogP contribution in [0.4, 0.5) is 5.69 Å². The number of hydrogen-bond donors (Lipinski definition) is 2. The van der Waals surface area contributed by atoms with Gasteiger partial charge < -0.3 is 10.6 Å². The number of rotatable bonds is 6. The summed E-state index contributed by atoms with van der Waals surface area (Å²) in [5, 5.41) is 17.1. The zero-order valence-corrected chi connectivity index (χ0v) is 15.3. The van der Waals surface area contributed by atoms with Crippen LogP contribution in [0, 0.1) is 16.0 Å². The van der Waals surface area contributed by atoms with E-state index >= 15 is 0 Å². The van der Waals surface area contributed by atoms with Gasteiger partial charge in [-0.3, -0.25) is 10.1 Å². The summed E-state index contributed by atoms with van der Waals surface area (Å²) in [6.45, 7) is 5.21. The van der Waals surface area contributed by atoms with Crippen LogP contribution < -0.4 is 10.6 Å². The highest BCUT2D eigenvalue weighted by Gasteiger charge is 2.28. The first-order valence-corrected chi connectivity index (χ1v) is 10.1. The summed E-state index contributed by atoms with van der Waals surface area (Å²) in [5.41, 5.74) is 0.885. The van der Waals surface area contributed by atoms with Gasteiger partial charge in [-0.25, -0.2) is 13.4 Å². The van der Waals surface area contributed by atoms with Crippen LogP contribution in [0.1, 0.15) is 25.8 Å². The molecule has 1 aliphatic rings. The third kappa shape index (κ3) is 6.33. The molecule has 138 valence electrons. The predicted molar refractivity (Wildman–Crippen MR) is 97.3 cm³/mol. The second kappa shape index (κ2) is 8.28. The Morgan fingerprint density at radius 2 is 2.04 bits per heavy atom. The average molecular weight is 368 g/mol. The smallest absolute Gasteiger partial charge is 0.269 e. The van der Waals surface area contributed by atoms with E-state index in [1.54, 1.807) is 12.1 Å². The number of guanidine groups is 1. The molecule has 0 spiro atoms. The molecule has 8 nitrogen and oxygen atoms in total. The van der Waals surface area contributed by atoms with Gasteiger partial charge in [-0.2, -0.15) is 0 Å². The Balaban J connectivity index is 2.03. The SMILES string of the molecule is CC(C)CNC(=NCc1ccc([N+](=O)[O-])cc1)NC1CCS(=O)(=O)C1. The maximum atomic E-state index is 11.6. The molecule has 1 unspecified atom stereocenters. The van der Waals surface area contributed by atoms with Crippen molar-refractivity contribution >= 4 is 21.5 Å². The number of hydrogen-bond acceptors (Lipinski definition) is 5. The molecule has 0 radical (unpaired) electrons. The number of nitro benzene ring substituents is 1. The van der Waals surface area contributed by atoms with E-state index in [9.17, 15) is 18.5 Å². The van der Waals surface area contributed by atoms with Crippen molar-refractivity contribution in [2.45, 2.75) is 32.9 Å². The van der Waals surface area contributed by atoms with Crippen LogP contribution in [0.15, 0.2) is 29.3 Å². The minimum Gasteiger partial charge on any atom is -0.356 e. The average Bonchev–Trinajstić information content (AvgIpc) is 2.89. The van der Waals surface area contributed by atoms with Crippen LogP contribution in [0.25, 0.3) is 0 Å². The quantitative estimate of drug-likeness (QED) is 0.340. The van der Waals surface area contributed by atoms with Crippen molar-refractivity contribution in [3.63, 3.8) is 0 Å². The Bertz CT molecular complexity index is 729. The van der Waals surface area contributed by atoms with Crippen molar-refractivity contribution in [1.29, 1.82) is 0 Å². The molecule has 0 bridgehead atoms. The molecule has 1 aromatic carbocycles. The number of nitro groups is 1. The Kier molecular flexibility index (Phi) is 6.35. The van der Waals surface area contributed by atoms with E-state index in [0.29, 0.717) is 31.4 Å². The predicted octanol–water partition coefficient (Wildman–Crippen LogP) is 1.47. The first kappa shape index (κ1) is 19.2. The molecule has 1 saturated heterocycles. The van der Waals surface area contributed by atoms with Crippen LogP contribution in [-0.4, -0.2) is 43.4 Å². The molecule has 1 fully saturated rings. The van der Waals surface area contributed by atoms with Gasteiger partial charge in [-0.15, -0.1) is 0 Å². The van der Waals surface area contributed by atoms with Crippen molar-refractivity contribution in [2.24, 2.45) is 10.9 Å². The fourth-order valence-corrected chi connectivity index (χ4v) is 4.12. The second-order valence-corrected chi connectivity index (χ2v) is 8.84. The lowest BCUT2D eigenvalue weighted by Crippen LogP contribution is -2.45. The molecule has 1 aromatic rings. The molecule has 1 atom stereocenters. The Hall–Kier alpha value is -2.16. The lowest BCUT2D eigenvalue weighted by atomic mass is 10.2. The van der Waals surface area contributed by atoms with Crippen LogP contribution in [0.5, 0.6) is 0 Å². The number of nitrogens with zero attached hydrogens (tertiary/aromatic N) is 2. The van der Waals surface area contributed by atoms with Crippen LogP contribution in [0.2, 0.25) is 0 Å². The van der Waals surface area contributed by atoms with Crippen molar-refractivity contribution in [3.05, 3.63) is 39.9 Å². The van der Waals surface area contributed by atoms with Gasteiger partial charge in [-0.1, -0.05) is 26.0 Å². The lowest BCUT2D eigenvalue weighted by molar-refractivity contribution is -0.384. The van der Waals surface area contributed by atoms with E-state index in [-0.39, 0.29) is 23.2 Å². The van der Waals surface area contributed by atoms with E-state index in [4.69, 9.17) is 0 Å². The van der Waals surface area contributed by atoms with Crippen LogP contribution in [-0.2, 0) is 16.4 Å². The zero-order chi connectivity index (χ0) is 18.4. The van der Waals surface area contributed by atoms with Gasteiger partial charge in [0.15, 0.2) is 15.8 Å². The largest absolute Gasteiger partial charge is 0.356 e. The van der Waals surface area contributed by atoms with Crippen LogP contribution >= 0.6 is 0 Å². The third-order valence-corrected chi connectivity index (χ3v) is 5.59. The molecule has 0 aromatic heterocycles. The normalized spacial score (nSPS) is 19.8. The van der Waals surface area contributed by atoms with E-state index < -0.39 is 14.8 Å². The fraction of sp³-hybridized carbons (Fsp3) is 0.562. The molecule has 1 aliphatic heterocycles. The van der Waals surface area contributed by atoms with Gasteiger partial charge in [0.2, 0.25) is 0 Å². The number of aliphatic imine (C=N–C) groups is 1. The highest BCUT2D eigenvalue weighted by Crippen LogP contribution is 2.13. The molecule has 2 rings (SSSR count). The first-order valence-electron chi connectivity index (χ1n) is 8.24. The Labute approximate surface area is 147 Å². The topological polar surface area (TPSA) is 114 Å². The van der Waals surface area contributed by atoms with Crippen molar-refractivity contribution in [3.8, 4) is 0 Å². The summed E-state index contributed by atoms with van der Waals surface area (Å²) in [6, 6.07) is 6.09.